The highest BCUT2D eigenvalue weighted by atomic mass is 32.2. The van der Waals surface area contributed by atoms with Crippen LogP contribution in [0.25, 0.3) is 11.3 Å². The van der Waals surface area contributed by atoms with Crippen LogP contribution >= 0.6 is 0 Å². The van der Waals surface area contributed by atoms with Gasteiger partial charge in [0.25, 0.3) is 10.0 Å². The number of hydrogen-bond acceptors (Lipinski definition) is 7. The third kappa shape index (κ3) is 5.16. The Morgan fingerprint density at radius 2 is 2.00 bits per heavy atom. The minimum Gasteiger partial charge on any atom is -0.481 e. The number of benzene rings is 1. The van der Waals surface area contributed by atoms with Crippen LogP contribution in [0.5, 0.6) is 5.88 Å². The summed E-state index contributed by atoms with van der Waals surface area (Å²) in [6.45, 7) is 3.93. The molecule has 3 N–H and O–H groups in total. The number of carbonyl (C=O) groups excluding carboxylic acids is 1. The highest BCUT2D eigenvalue weighted by Gasteiger charge is 2.19. The molecule has 140 valence electrons. The average molecular weight is 378 g/mol. The third-order valence-corrected chi connectivity index (χ3v) is 4.94. The number of anilines is 1. The van der Waals surface area contributed by atoms with E-state index in [1.54, 1.807) is 18.2 Å². The summed E-state index contributed by atoms with van der Waals surface area (Å²) in [5.41, 5.74) is 6.57. The molecule has 0 aliphatic heterocycles. The molecule has 2 aromatic rings. The molecule has 26 heavy (non-hydrogen) atoms. The molecule has 9 heteroatoms. The Hall–Kier alpha value is -2.68. The highest BCUT2D eigenvalue weighted by molar-refractivity contribution is 7.90. The molecule has 0 unspecified atom stereocenters. The fourth-order valence-corrected chi connectivity index (χ4v) is 3.26. The lowest BCUT2D eigenvalue weighted by Gasteiger charge is -2.10. The fraction of sp³-hybridized carbons (Fsp3) is 0.353. The van der Waals surface area contributed by atoms with Crippen molar-refractivity contribution < 1.29 is 17.9 Å². The molecule has 0 radical (unpaired) electrons. The van der Waals surface area contributed by atoms with Gasteiger partial charge in [-0.25, -0.2) is 18.1 Å². The number of rotatable bonds is 7. The number of sulfonamides is 1. The van der Waals surface area contributed by atoms with E-state index < -0.39 is 15.9 Å². The third-order valence-electron chi connectivity index (χ3n) is 3.57. The first kappa shape index (κ1) is 19.6. The summed E-state index contributed by atoms with van der Waals surface area (Å²) >= 11 is 0. The van der Waals surface area contributed by atoms with Gasteiger partial charge in [0, 0.05) is 18.1 Å². The molecule has 0 bridgehead atoms. The van der Waals surface area contributed by atoms with Crippen molar-refractivity contribution in [1.82, 2.24) is 14.7 Å². The van der Waals surface area contributed by atoms with Crippen LogP contribution in [0.3, 0.4) is 0 Å². The first-order chi connectivity index (χ1) is 12.2. The van der Waals surface area contributed by atoms with Gasteiger partial charge in [0.1, 0.15) is 0 Å². The normalized spacial score (nSPS) is 11.4. The van der Waals surface area contributed by atoms with Gasteiger partial charge in [-0.3, -0.25) is 4.79 Å². The van der Waals surface area contributed by atoms with Gasteiger partial charge in [0.05, 0.1) is 17.7 Å². The predicted octanol–water partition coefficient (Wildman–Crippen LogP) is 1.98. The Morgan fingerprint density at radius 3 is 2.65 bits per heavy atom. The van der Waals surface area contributed by atoms with Crippen molar-refractivity contribution in [3.05, 3.63) is 30.3 Å². The molecule has 1 heterocycles. The van der Waals surface area contributed by atoms with Crippen LogP contribution in [-0.2, 0) is 14.8 Å². The van der Waals surface area contributed by atoms with Crippen molar-refractivity contribution in [3.63, 3.8) is 0 Å². The molecule has 2 rings (SSSR count). The van der Waals surface area contributed by atoms with Crippen LogP contribution in [-0.4, -0.2) is 31.4 Å². The first-order valence-electron chi connectivity index (χ1n) is 8.06. The quantitative estimate of drug-likeness (QED) is 0.754. The van der Waals surface area contributed by atoms with Crippen molar-refractivity contribution in [3.8, 4) is 17.1 Å². The zero-order valence-electron chi connectivity index (χ0n) is 14.9. The summed E-state index contributed by atoms with van der Waals surface area (Å²) in [6.07, 6.45) is 0.762. The summed E-state index contributed by atoms with van der Waals surface area (Å²) in [5, 5.41) is 0. The van der Waals surface area contributed by atoms with Crippen LogP contribution < -0.4 is 15.2 Å². The van der Waals surface area contributed by atoms with E-state index in [0.29, 0.717) is 23.6 Å². The summed E-state index contributed by atoms with van der Waals surface area (Å²) in [6, 6.07) is 7.61. The van der Waals surface area contributed by atoms with Crippen LogP contribution in [0.1, 0.15) is 26.7 Å². The van der Waals surface area contributed by atoms with Crippen LogP contribution in [0, 0.1) is 5.92 Å². The molecular weight excluding hydrogens is 356 g/mol. The Kier molecular flexibility index (Phi) is 6.14. The maximum atomic E-state index is 12.4. The fourth-order valence-electron chi connectivity index (χ4n) is 2.20. The average Bonchev–Trinajstić information content (AvgIpc) is 2.59. The van der Waals surface area contributed by atoms with Gasteiger partial charge < -0.3 is 10.5 Å². The summed E-state index contributed by atoms with van der Waals surface area (Å²) < 4.78 is 32.0. The molecule has 0 aliphatic rings. The predicted molar refractivity (Wildman–Crippen MR) is 97.8 cm³/mol. The lowest BCUT2D eigenvalue weighted by Crippen LogP contribution is -2.30. The van der Waals surface area contributed by atoms with E-state index in [2.05, 4.69) is 14.7 Å². The smallest absolute Gasteiger partial charge is 0.264 e. The molecule has 0 aliphatic carbocycles. The van der Waals surface area contributed by atoms with Crippen molar-refractivity contribution in [2.45, 2.75) is 31.6 Å². The molecule has 8 nitrogen and oxygen atoms in total. The molecule has 0 fully saturated rings. The molecule has 0 spiro atoms. The second-order valence-electron chi connectivity index (χ2n) is 6.14. The maximum absolute atomic E-state index is 12.4. The number of nitrogens with zero attached hydrogens (tertiary/aromatic N) is 2. The van der Waals surface area contributed by atoms with Crippen molar-refractivity contribution >= 4 is 21.9 Å². The number of hydrogen-bond donors (Lipinski definition) is 2. The highest BCUT2D eigenvalue weighted by Crippen LogP contribution is 2.24. The van der Waals surface area contributed by atoms with E-state index in [4.69, 9.17) is 10.5 Å². The second-order valence-corrected chi connectivity index (χ2v) is 7.83. The van der Waals surface area contributed by atoms with Crippen molar-refractivity contribution in [1.29, 1.82) is 0 Å². The lowest BCUT2D eigenvalue weighted by molar-refractivity contribution is -0.119. The Labute approximate surface area is 152 Å². The van der Waals surface area contributed by atoms with E-state index in [1.807, 2.05) is 13.8 Å². The van der Waals surface area contributed by atoms with E-state index >= 15 is 0 Å². The van der Waals surface area contributed by atoms with Gasteiger partial charge in [-0.2, -0.15) is 4.98 Å². The topological polar surface area (TPSA) is 124 Å². The number of nitrogen functional groups attached to an aromatic ring is 1. The summed E-state index contributed by atoms with van der Waals surface area (Å²) in [4.78, 5) is 19.8. The van der Waals surface area contributed by atoms with Crippen LogP contribution in [0.2, 0.25) is 0 Å². The largest absolute Gasteiger partial charge is 0.481 e. The molecule has 0 saturated carbocycles. The number of nitrogens with two attached hydrogens (primary N) is 1. The number of carbonyl (C=O) groups is 1. The SMILES string of the molecule is COc1cc(-c2cccc(S(=O)(=O)NC(=O)CCC(C)C)c2)nc(N)n1. The molecular formula is C17H22N4O4S. The Bertz CT molecular complexity index is 897. The lowest BCUT2D eigenvalue weighted by atomic mass is 10.1. The molecule has 0 atom stereocenters. The first-order valence-corrected chi connectivity index (χ1v) is 9.54. The zero-order valence-corrected chi connectivity index (χ0v) is 15.7. The number of aromatic nitrogens is 2. The minimum absolute atomic E-state index is 0.00889. The Balaban J connectivity index is 2.28. The van der Waals surface area contributed by atoms with Gasteiger partial charge in [-0.1, -0.05) is 26.0 Å². The van der Waals surface area contributed by atoms with E-state index in [9.17, 15) is 13.2 Å². The van der Waals surface area contributed by atoms with E-state index in [0.717, 1.165) is 0 Å². The summed E-state index contributed by atoms with van der Waals surface area (Å²) in [5.74, 6) is 0.0550. The van der Waals surface area contributed by atoms with Gasteiger partial charge in [-0.15, -0.1) is 0 Å². The standard InChI is InChI=1S/C17H22N4O4S/c1-11(2)7-8-15(22)21-26(23,24)13-6-4-5-12(9-13)14-10-16(25-3)20-17(18)19-14/h4-6,9-11H,7-8H2,1-3H3,(H,21,22)(H2,18,19,20). The molecule has 1 amide bonds. The Morgan fingerprint density at radius 1 is 1.27 bits per heavy atom. The van der Waals surface area contributed by atoms with Crippen LogP contribution in [0.4, 0.5) is 5.95 Å². The van der Waals surface area contributed by atoms with Gasteiger partial charge in [0.2, 0.25) is 17.7 Å². The molecule has 1 aromatic heterocycles. The van der Waals surface area contributed by atoms with Crippen molar-refractivity contribution in [2.24, 2.45) is 5.92 Å². The van der Waals surface area contributed by atoms with E-state index in [1.165, 1.54) is 19.2 Å². The summed E-state index contributed by atoms with van der Waals surface area (Å²) in [7, 11) is -2.53. The van der Waals surface area contributed by atoms with Gasteiger partial charge in [-0.05, 0) is 24.5 Å². The number of nitrogens with one attached hydrogen (secondary N) is 1. The van der Waals surface area contributed by atoms with Crippen LogP contribution in [0.15, 0.2) is 35.2 Å². The van der Waals surface area contributed by atoms with Gasteiger partial charge >= 0.3 is 0 Å². The number of amides is 1. The minimum atomic E-state index is -3.97. The van der Waals surface area contributed by atoms with E-state index in [-0.39, 0.29) is 23.1 Å². The van der Waals surface area contributed by atoms with Crippen molar-refractivity contribution in [2.75, 3.05) is 12.8 Å². The van der Waals surface area contributed by atoms with Gasteiger partial charge in [0.15, 0.2) is 0 Å². The monoisotopic (exact) mass is 378 g/mol. The molecule has 0 saturated heterocycles. The maximum Gasteiger partial charge on any atom is 0.264 e. The second kappa shape index (κ2) is 8.13. The number of ether oxygens (including phenoxy) is 1. The molecule has 1 aromatic carbocycles. The zero-order chi connectivity index (χ0) is 19.3. The number of methoxy groups -OCH3 is 1.